The maximum absolute atomic E-state index is 11.2. The summed E-state index contributed by atoms with van der Waals surface area (Å²) < 4.78 is 16.2. The zero-order valence-electron chi connectivity index (χ0n) is 12.7. The molecular weight excluding hydrogens is 272 g/mol. The Labute approximate surface area is 124 Å². The minimum absolute atomic E-state index is 0.0577. The Morgan fingerprint density at radius 1 is 1.24 bits per heavy atom. The van der Waals surface area contributed by atoms with Crippen molar-refractivity contribution < 1.29 is 24.1 Å². The predicted octanol–water partition coefficient (Wildman–Crippen LogP) is 2.82. The maximum atomic E-state index is 11.2. The van der Waals surface area contributed by atoms with Crippen LogP contribution in [0.15, 0.2) is 12.1 Å². The van der Waals surface area contributed by atoms with Gasteiger partial charge in [0.2, 0.25) is 0 Å². The van der Waals surface area contributed by atoms with Gasteiger partial charge in [0.1, 0.15) is 11.5 Å². The van der Waals surface area contributed by atoms with Gasteiger partial charge in [-0.25, -0.2) is 0 Å². The molecule has 1 aromatic carbocycles. The van der Waals surface area contributed by atoms with Gasteiger partial charge in [-0.3, -0.25) is 4.79 Å². The fourth-order valence-electron chi connectivity index (χ4n) is 2.88. The zero-order valence-corrected chi connectivity index (χ0v) is 12.7. The van der Waals surface area contributed by atoms with Gasteiger partial charge < -0.3 is 19.3 Å². The van der Waals surface area contributed by atoms with Crippen LogP contribution in [0.3, 0.4) is 0 Å². The quantitative estimate of drug-likeness (QED) is 0.798. The molecule has 0 amide bonds. The molecule has 1 saturated carbocycles. The highest BCUT2D eigenvalue weighted by molar-refractivity contribution is 5.69. The summed E-state index contributed by atoms with van der Waals surface area (Å²) in [5.41, 5.74) is 1.81. The molecule has 0 bridgehead atoms. The first-order valence-electron chi connectivity index (χ1n) is 7.06. The summed E-state index contributed by atoms with van der Waals surface area (Å²) in [7, 11) is 4.83. The highest BCUT2D eigenvalue weighted by Gasteiger charge is 2.37. The monoisotopic (exact) mass is 294 g/mol. The van der Waals surface area contributed by atoms with Gasteiger partial charge in [0.05, 0.1) is 27.2 Å². The lowest BCUT2D eigenvalue weighted by Crippen LogP contribution is -2.13. The van der Waals surface area contributed by atoms with E-state index in [1.54, 1.807) is 21.3 Å². The number of carbonyl (C=O) groups is 1. The topological polar surface area (TPSA) is 65.0 Å². The fraction of sp³-hybridized carbons (Fsp3) is 0.562. The molecule has 0 aliphatic heterocycles. The summed E-state index contributed by atoms with van der Waals surface area (Å²) in [6, 6.07) is 3.67. The molecule has 1 aliphatic rings. The van der Waals surface area contributed by atoms with Gasteiger partial charge in [-0.2, -0.15) is 0 Å². The van der Waals surface area contributed by atoms with Gasteiger partial charge in [0, 0.05) is 24.2 Å². The average molecular weight is 294 g/mol. The molecule has 1 aliphatic carbocycles. The summed E-state index contributed by atoms with van der Waals surface area (Å²) in [5.74, 6) is 0.972. The molecule has 21 heavy (non-hydrogen) atoms. The molecular formula is C16H22O5. The van der Waals surface area contributed by atoms with Crippen LogP contribution in [0.25, 0.3) is 0 Å². The molecule has 1 fully saturated rings. The predicted molar refractivity (Wildman–Crippen MR) is 78.0 cm³/mol. The normalized spacial score (nSPS) is 15.6. The van der Waals surface area contributed by atoms with E-state index >= 15 is 0 Å². The molecule has 1 N–H and O–H groups in total. The summed E-state index contributed by atoms with van der Waals surface area (Å²) in [4.78, 5) is 11.2. The van der Waals surface area contributed by atoms with Crippen molar-refractivity contribution >= 4 is 5.97 Å². The lowest BCUT2D eigenvalue weighted by Gasteiger charge is -2.23. The number of hydrogen-bond acceptors (Lipinski definition) is 4. The molecule has 5 heteroatoms. The van der Waals surface area contributed by atoms with Crippen LogP contribution >= 0.6 is 0 Å². The lowest BCUT2D eigenvalue weighted by molar-refractivity contribution is -0.137. The maximum Gasteiger partial charge on any atom is 0.303 e. The number of methoxy groups -OCH3 is 3. The molecule has 0 radical (unpaired) electrons. The Morgan fingerprint density at radius 2 is 1.86 bits per heavy atom. The van der Waals surface area contributed by atoms with E-state index in [0.29, 0.717) is 24.0 Å². The van der Waals surface area contributed by atoms with Crippen LogP contribution < -0.4 is 9.47 Å². The van der Waals surface area contributed by atoms with Gasteiger partial charge in [0.15, 0.2) is 0 Å². The third-order valence-electron chi connectivity index (χ3n) is 3.96. The zero-order chi connectivity index (χ0) is 15.4. The number of aliphatic carboxylic acids is 1. The fourth-order valence-corrected chi connectivity index (χ4v) is 2.88. The van der Waals surface area contributed by atoms with Gasteiger partial charge >= 0.3 is 5.97 Å². The van der Waals surface area contributed by atoms with Crippen LogP contribution in [-0.2, 0) is 16.1 Å². The highest BCUT2D eigenvalue weighted by Crippen LogP contribution is 2.49. The van der Waals surface area contributed by atoms with E-state index < -0.39 is 5.97 Å². The SMILES string of the molecule is COCc1c(OC)ccc(OC)c1C(CC(=O)O)C1CC1. The van der Waals surface area contributed by atoms with Crippen molar-refractivity contribution in [2.24, 2.45) is 5.92 Å². The van der Waals surface area contributed by atoms with Crippen LogP contribution in [0.4, 0.5) is 0 Å². The summed E-state index contributed by atoms with van der Waals surface area (Å²) in [6.45, 7) is 0.374. The van der Waals surface area contributed by atoms with Crippen LogP contribution in [-0.4, -0.2) is 32.4 Å². The molecule has 0 aromatic heterocycles. The van der Waals surface area contributed by atoms with Crippen molar-refractivity contribution in [3.8, 4) is 11.5 Å². The Morgan fingerprint density at radius 3 is 2.33 bits per heavy atom. The molecule has 0 heterocycles. The number of ether oxygens (including phenoxy) is 3. The largest absolute Gasteiger partial charge is 0.496 e. The van der Waals surface area contributed by atoms with Gasteiger partial charge in [-0.1, -0.05) is 0 Å². The molecule has 2 rings (SSSR count). The van der Waals surface area contributed by atoms with E-state index in [9.17, 15) is 9.90 Å². The Kier molecular flexibility index (Phi) is 5.07. The molecule has 1 unspecified atom stereocenters. The highest BCUT2D eigenvalue weighted by atomic mass is 16.5. The number of carboxylic acids is 1. The molecule has 0 saturated heterocycles. The Balaban J connectivity index is 2.52. The second-order valence-electron chi connectivity index (χ2n) is 5.34. The van der Waals surface area contributed by atoms with Crippen LogP contribution in [0, 0.1) is 5.92 Å². The van der Waals surface area contributed by atoms with Gasteiger partial charge in [-0.15, -0.1) is 0 Å². The minimum atomic E-state index is -0.792. The molecule has 1 atom stereocenters. The summed E-state index contributed by atoms with van der Waals surface area (Å²) >= 11 is 0. The first kappa shape index (κ1) is 15.6. The van der Waals surface area contributed by atoms with Crippen LogP contribution in [0.5, 0.6) is 11.5 Å². The number of rotatable bonds is 8. The van der Waals surface area contributed by atoms with Crippen molar-refractivity contribution in [1.82, 2.24) is 0 Å². The van der Waals surface area contributed by atoms with E-state index in [1.807, 2.05) is 12.1 Å². The Hall–Kier alpha value is -1.75. The van der Waals surface area contributed by atoms with Crippen LogP contribution in [0.2, 0.25) is 0 Å². The molecule has 1 aromatic rings. The van der Waals surface area contributed by atoms with Crippen LogP contribution in [0.1, 0.15) is 36.3 Å². The molecule has 5 nitrogen and oxygen atoms in total. The van der Waals surface area contributed by atoms with Gasteiger partial charge in [0.25, 0.3) is 0 Å². The number of hydrogen-bond donors (Lipinski definition) is 1. The van der Waals surface area contributed by atoms with Crippen molar-refractivity contribution in [1.29, 1.82) is 0 Å². The second kappa shape index (κ2) is 6.80. The third kappa shape index (κ3) is 3.47. The summed E-state index contributed by atoms with van der Waals surface area (Å²) in [5, 5.41) is 9.23. The van der Waals surface area contributed by atoms with E-state index in [1.165, 1.54) is 0 Å². The Bertz CT molecular complexity index is 508. The van der Waals surface area contributed by atoms with E-state index in [-0.39, 0.29) is 12.3 Å². The number of benzene rings is 1. The van der Waals surface area contributed by atoms with E-state index in [4.69, 9.17) is 14.2 Å². The van der Waals surface area contributed by atoms with Crippen molar-refractivity contribution in [2.75, 3.05) is 21.3 Å². The van der Waals surface area contributed by atoms with Crippen molar-refractivity contribution in [2.45, 2.75) is 31.8 Å². The molecule has 0 spiro atoms. The molecule has 116 valence electrons. The minimum Gasteiger partial charge on any atom is -0.496 e. The standard InChI is InChI=1S/C16H22O5/c1-19-9-12-13(20-2)6-7-14(21-3)16(12)11(8-15(17)18)10-4-5-10/h6-7,10-11H,4-5,8-9H2,1-3H3,(H,17,18). The first-order valence-corrected chi connectivity index (χ1v) is 7.06. The summed E-state index contributed by atoms with van der Waals surface area (Å²) in [6.07, 6.45) is 2.22. The first-order chi connectivity index (χ1) is 10.1. The smallest absolute Gasteiger partial charge is 0.303 e. The number of carboxylic acid groups (broad SMARTS) is 1. The lowest BCUT2D eigenvalue weighted by atomic mass is 9.86. The van der Waals surface area contributed by atoms with E-state index in [2.05, 4.69) is 0 Å². The van der Waals surface area contributed by atoms with Crippen molar-refractivity contribution in [3.63, 3.8) is 0 Å². The third-order valence-corrected chi connectivity index (χ3v) is 3.96. The van der Waals surface area contributed by atoms with Crippen molar-refractivity contribution in [3.05, 3.63) is 23.3 Å². The second-order valence-corrected chi connectivity index (χ2v) is 5.34. The van der Waals surface area contributed by atoms with Gasteiger partial charge in [-0.05, 0) is 30.9 Å². The van der Waals surface area contributed by atoms with E-state index in [0.717, 1.165) is 24.0 Å². The average Bonchev–Trinajstić information content (AvgIpc) is 3.29.